The Bertz CT molecular complexity index is 619. The van der Waals surface area contributed by atoms with E-state index in [1.807, 2.05) is 6.07 Å². The third-order valence-electron chi connectivity index (χ3n) is 3.34. The summed E-state index contributed by atoms with van der Waals surface area (Å²) in [5, 5.41) is 9.04. The number of rotatable bonds is 6. The number of benzene rings is 1. The highest BCUT2D eigenvalue weighted by Crippen LogP contribution is 2.20. The van der Waals surface area contributed by atoms with Gasteiger partial charge in [-0.2, -0.15) is 0 Å². The summed E-state index contributed by atoms with van der Waals surface area (Å²) in [6, 6.07) is 5.10. The monoisotopic (exact) mass is 276 g/mol. The van der Waals surface area contributed by atoms with Crippen molar-refractivity contribution in [2.24, 2.45) is 5.92 Å². The van der Waals surface area contributed by atoms with E-state index in [1.54, 1.807) is 19.2 Å². The topological polar surface area (TPSA) is 64.3 Å². The molecule has 2 rings (SSSR count). The molecule has 1 aromatic heterocycles. The van der Waals surface area contributed by atoms with Crippen LogP contribution in [-0.4, -0.2) is 34.3 Å². The summed E-state index contributed by atoms with van der Waals surface area (Å²) in [5.41, 5.74) is 2.00. The molecule has 1 aromatic carbocycles. The van der Waals surface area contributed by atoms with Gasteiger partial charge >= 0.3 is 5.97 Å². The molecule has 5 heteroatoms. The molecule has 0 aliphatic heterocycles. The Kier molecular flexibility index (Phi) is 4.39. The number of carbonyl (C=O) groups is 1. The summed E-state index contributed by atoms with van der Waals surface area (Å²) in [7, 11) is 1.70. The number of carboxylic acid groups (broad SMARTS) is 1. The van der Waals surface area contributed by atoms with E-state index in [-0.39, 0.29) is 5.56 Å². The number of imidazole rings is 1. The normalized spacial score (nSPS) is 12.8. The zero-order valence-electron chi connectivity index (χ0n) is 12.1. The average molecular weight is 276 g/mol. The Hall–Kier alpha value is -1.88. The molecule has 0 aliphatic carbocycles. The molecular weight excluding hydrogens is 256 g/mol. The fourth-order valence-corrected chi connectivity index (χ4v) is 2.44. The second-order valence-corrected chi connectivity index (χ2v) is 5.06. The average Bonchev–Trinajstić information content (AvgIpc) is 2.76. The zero-order chi connectivity index (χ0) is 14.7. The van der Waals surface area contributed by atoms with Gasteiger partial charge in [-0.25, -0.2) is 9.78 Å². The molecular formula is C15H20N2O3. The van der Waals surface area contributed by atoms with Gasteiger partial charge in [0, 0.05) is 20.1 Å². The molecule has 1 unspecified atom stereocenters. The molecule has 20 heavy (non-hydrogen) atoms. The Morgan fingerprint density at radius 1 is 1.50 bits per heavy atom. The molecule has 0 spiro atoms. The first-order valence-electron chi connectivity index (χ1n) is 6.78. The maximum atomic E-state index is 11.0. The molecule has 2 aromatic rings. The number of nitrogens with zero attached hydrogens (tertiary/aromatic N) is 2. The van der Waals surface area contributed by atoms with Crippen molar-refractivity contribution >= 4 is 17.0 Å². The van der Waals surface area contributed by atoms with Gasteiger partial charge < -0.3 is 14.4 Å². The Balaban J connectivity index is 2.44. The number of fused-ring (bicyclic) bond motifs is 1. The van der Waals surface area contributed by atoms with Crippen LogP contribution >= 0.6 is 0 Å². The van der Waals surface area contributed by atoms with Crippen molar-refractivity contribution in [3.05, 3.63) is 29.6 Å². The van der Waals surface area contributed by atoms with E-state index in [4.69, 9.17) is 9.84 Å². The van der Waals surface area contributed by atoms with Gasteiger partial charge in [-0.1, -0.05) is 13.8 Å². The molecule has 5 nitrogen and oxygen atoms in total. The number of hydrogen-bond donors (Lipinski definition) is 1. The largest absolute Gasteiger partial charge is 0.478 e. The summed E-state index contributed by atoms with van der Waals surface area (Å²) in [4.78, 5) is 15.6. The van der Waals surface area contributed by atoms with Gasteiger partial charge in [0.15, 0.2) is 0 Å². The standard InChI is InChI=1S/C15H20N2O3/c1-4-14-16-12-7-11(15(18)19)5-6-13(12)17(14)8-10(2)9-20-3/h5-7,10H,4,8-9H2,1-3H3,(H,18,19). The van der Waals surface area contributed by atoms with Crippen molar-refractivity contribution in [1.29, 1.82) is 0 Å². The lowest BCUT2D eigenvalue weighted by Gasteiger charge is -2.14. The Labute approximate surface area is 118 Å². The summed E-state index contributed by atoms with van der Waals surface area (Å²) < 4.78 is 7.33. The van der Waals surface area contributed by atoms with Crippen molar-refractivity contribution in [2.75, 3.05) is 13.7 Å². The van der Waals surface area contributed by atoms with Crippen LogP contribution in [0.4, 0.5) is 0 Å². The van der Waals surface area contributed by atoms with Crippen LogP contribution in [0.15, 0.2) is 18.2 Å². The highest BCUT2D eigenvalue weighted by atomic mass is 16.5. The van der Waals surface area contributed by atoms with Gasteiger partial charge in [-0.3, -0.25) is 0 Å². The number of carboxylic acids is 1. The first kappa shape index (κ1) is 14.5. The third kappa shape index (κ3) is 2.82. The van der Waals surface area contributed by atoms with Gasteiger partial charge in [0.25, 0.3) is 0 Å². The summed E-state index contributed by atoms with van der Waals surface area (Å²) >= 11 is 0. The van der Waals surface area contributed by atoms with Gasteiger partial charge in [0.2, 0.25) is 0 Å². The van der Waals surface area contributed by atoms with Crippen LogP contribution < -0.4 is 0 Å². The van der Waals surface area contributed by atoms with Gasteiger partial charge in [-0.15, -0.1) is 0 Å². The van der Waals surface area contributed by atoms with E-state index in [0.717, 1.165) is 29.8 Å². The molecule has 0 amide bonds. The number of methoxy groups -OCH3 is 1. The Morgan fingerprint density at radius 3 is 2.85 bits per heavy atom. The molecule has 1 atom stereocenters. The minimum absolute atomic E-state index is 0.273. The molecule has 0 aliphatic rings. The summed E-state index contributed by atoms with van der Waals surface area (Å²) in [6.45, 7) is 5.69. The maximum absolute atomic E-state index is 11.0. The number of aromatic carboxylic acids is 1. The molecule has 1 heterocycles. The second kappa shape index (κ2) is 6.05. The first-order chi connectivity index (χ1) is 9.56. The van der Waals surface area contributed by atoms with Crippen LogP contribution in [0.3, 0.4) is 0 Å². The lowest BCUT2D eigenvalue weighted by Crippen LogP contribution is -2.14. The van der Waals surface area contributed by atoms with E-state index in [9.17, 15) is 4.79 Å². The maximum Gasteiger partial charge on any atom is 0.335 e. The molecule has 0 fully saturated rings. The molecule has 0 bridgehead atoms. The number of aryl methyl sites for hydroxylation is 1. The van der Waals surface area contributed by atoms with Gasteiger partial charge in [-0.05, 0) is 24.1 Å². The van der Waals surface area contributed by atoms with Crippen LogP contribution in [-0.2, 0) is 17.7 Å². The third-order valence-corrected chi connectivity index (χ3v) is 3.34. The quantitative estimate of drug-likeness (QED) is 0.880. The van der Waals surface area contributed by atoms with Crippen molar-refractivity contribution in [3.8, 4) is 0 Å². The van der Waals surface area contributed by atoms with Gasteiger partial charge in [0.05, 0.1) is 23.2 Å². The van der Waals surface area contributed by atoms with E-state index in [1.165, 1.54) is 0 Å². The minimum atomic E-state index is -0.924. The lowest BCUT2D eigenvalue weighted by atomic mass is 10.1. The second-order valence-electron chi connectivity index (χ2n) is 5.06. The van der Waals surface area contributed by atoms with Crippen LogP contribution in [0.1, 0.15) is 30.0 Å². The number of aromatic nitrogens is 2. The van der Waals surface area contributed by atoms with E-state index < -0.39 is 5.97 Å². The fraction of sp³-hybridized carbons (Fsp3) is 0.467. The molecule has 108 valence electrons. The van der Waals surface area contributed by atoms with Crippen LogP contribution in [0.2, 0.25) is 0 Å². The van der Waals surface area contributed by atoms with E-state index in [2.05, 4.69) is 23.4 Å². The lowest BCUT2D eigenvalue weighted by molar-refractivity contribution is 0.0697. The first-order valence-corrected chi connectivity index (χ1v) is 6.78. The molecule has 0 radical (unpaired) electrons. The minimum Gasteiger partial charge on any atom is -0.478 e. The van der Waals surface area contributed by atoms with Gasteiger partial charge in [0.1, 0.15) is 5.82 Å². The Morgan fingerprint density at radius 2 is 2.25 bits per heavy atom. The number of ether oxygens (including phenoxy) is 1. The molecule has 0 saturated carbocycles. The van der Waals surface area contributed by atoms with Crippen molar-refractivity contribution < 1.29 is 14.6 Å². The predicted molar refractivity (Wildman–Crippen MR) is 77.1 cm³/mol. The predicted octanol–water partition coefficient (Wildman–Crippen LogP) is 2.58. The number of hydrogen-bond acceptors (Lipinski definition) is 3. The smallest absolute Gasteiger partial charge is 0.335 e. The van der Waals surface area contributed by atoms with Crippen LogP contribution in [0, 0.1) is 5.92 Å². The van der Waals surface area contributed by atoms with E-state index in [0.29, 0.717) is 12.5 Å². The summed E-state index contributed by atoms with van der Waals surface area (Å²) in [6.07, 6.45) is 0.816. The highest BCUT2D eigenvalue weighted by Gasteiger charge is 2.14. The van der Waals surface area contributed by atoms with Crippen molar-refractivity contribution in [1.82, 2.24) is 9.55 Å². The summed E-state index contributed by atoms with van der Waals surface area (Å²) in [5.74, 6) is 0.430. The van der Waals surface area contributed by atoms with Crippen LogP contribution in [0.25, 0.3) is 11.0 Å². The SMILES string of the molecule is CCc1nc2cc(C(=O)O)ccc2n1CC(C)COC. The fourth-order valence-electron chi connectivity index (χ4n) is 2.44. The molecule has 0 saturated heterocycles. The molecule has 1 N–H and O–H groups in total. The zero-order valence-corrected chi connectivity index (χ0v) is 12.1. The van der Waals surface area contributed by atoms with E-state index >= 15 is 0 Å². The highest BCUT2D eigenvalue weighted by molar-refractivity contribution is 5.92. The van der Waals surface area contributed by atoms with Crippen molar-refractivity contribution in [2.45, 2.75) is 26.8 Å². The van der Waals surface area contributed by atoms with Crippen molar-refractivity contribution in [3.63, 3.8) is 0 Å². The van der Waals surface area contributed by atoms with Crippen LogP contribution in [0.5, 0.6) is 0 Å².